The van der Waals surface area contributed by atoms with Gasteiger partial charge in [-0.2, -0.15) is 5.10 Å². The zero-order chi connectivity index (χ0) is 21.7. The second kappa shape index (κ2) is 9.36. The van der Waals surface area contributed by atoms with E-state index in [2.05, 4.69) is 25.1 Å². The lowest BCUT2D eigenvalue weighted by Gasteiger charge is -2.16. The van der Waals surface area contributed by atoms with Crippen molar-refractivity contribution in [1.29, 1.82) is 0 Å². The van der Waals surface area contributed by atoms with E-state index in [9.17, 15) is 13.2 Å². The highest BCUT2D eigenvalue weighted by molar-refractivity contribution is 7.89. The molecule has 0 aliphatic heterocycles. The quantitative estimate of drug-likeness (QED) is 0.548. The molecule has 9 nitrogen and oxygen atoms in total. The Morgan fingerprint density at radius 3 is 2.77 bits per heavy atom. The van der Waals surface area contributed by atoms with Gasteiger partial charge in [0.25, 0.3) is 0 Å². The van der Waals surface area contributed by atoms with Gasteiger partial charge in [-0.25, -0.2) is 27.8 Å². The van der Waals surface area contributed by atoms with Crippen LogP contribution in [0.5, 0.6) is 0 Å². The van der Waals surface area contributed by atoms with Gasteiger partial charge in [-0.3, -0.25) is 4.79 Å². The third kappa shape index (κ3) is 5.15. The van der Waals surface area contributed by atoms with Gasteiger partial charge < -0.3 is 5.32 Å². The zero-order valence-electron chi connectivity index (χ0n) is 17.0. The van der Waals surface area contributed by atoms with Crippen LogP contribution in [0, 0.1) is 0 Å². The molecule has 4 rings (SSSR count). The first-order valence-electron chi connectivity index (χ1n) is 10.2. The number of aromatic nitrogens is 4. The Balaban J connectivity index is 1.30. The highest BCUT2D eigenvalue weighted by Crippen LogP contribution is 2.24. The van der Waals surface area contributed by atoms with Gasteiger partial charge >= 0.3 is 0 Å². The van der Waals surface area contributed by atoms with Crippen LogP contribution >= 0.6 is 0 Å². The fourth-order valence-corrected chi connectivity index (χ4v) is 4.72. The molecule has 0 saturated heterocycles. The summed E-state index contributed by atoms with van der Waals surface area (Å²) < 4.78 is 29.2. The molecule has 0 spiro atoms. The zero-order valence-corrected chi connectivity index (χ0v) is 17.8. The summed E-state index contributed by atoms with van der Waals surface area (Å²) in [5.41, 5.74) is 3.10. The molecule has 1 aliphatic carbocycles. The molecule has 3 aromatic rings. The number of hydrogen-bond acceptors (Lipinski definition) is 6. The molecule has 0 radical (unpaired) electrons. The number of fused-ring (bicyclic) bond motifs is 1. The Morgan fingerprint density at radius 1 is 1.13 bits per heavy atom. The molecule has 2 aromatic heterocycles. The van der Waals surface area contributed by atoms with Gasteiger partial charge in [0.1, 0.15) is 12.7 Å². The van der Waals surface area contributed by atoms with E-state index in [0.717, 1.165) is 36.8 Å². The SMILES string of the molecule is O=C(CCNS(=O)(=O)c1ccc2c(c1)CCCC2)NCc1cccnc1-n1cncn1. The molecule has 0 bridgehead atoms. The summed E-state index contributed by atoms with van der Waals surface area (Å²) in [4.78, 5) is 20.7. The molecule has 0 unspecified atom stereocenters. The molecule has 0 saturated carbocycles. The van der Waals surface area contributed by atoms with E-state index in [1.165, 1.54) is 22.9 Å². The molecular formula is C21H24N6O3S. The van der Waals surface area contributed by atoms with Gasteiger partial charge in [0, 0.05) is 31.3 Å². The molecule has 0 atom stereocenters. The van der Waals surface area contributed by atoms with Crippen LogP contribution in [0.2, 0.25) is 0 Å². The van der Waals surface area contributed by atoms with Crippen molar-refractivity contribution >= 4 is 15.9 Å². The summed E-state index contributed by atoms with van der Waals surface area (Å²) in [6.07, 6.45) is 8.74. The van der Waals surface area contributed by atoms with Gasteiger partial charge in [0.05, 0.1) is 4.90 Å². The maximum atomic E-state index is 12.6. The number of pyridine rings is 1. The lowest BCUT2D eigenvalue weighted by atomic mass is 9.92. The van der Waals surface area contributed by atoms with E-state index in [0.29, 0.717) is 5.82 Å². The van der Waals surface area contributed by atoms with Crippen LogP contribution in [0.3, 0.4) is 0 Å². The maximum absolute atomic E-state index is 12.6. The van der Waals surface area contributed by atoms with Crippen molar-refractivity contribution in [2.75, 3.05) is 6.54 Å². The van der Waals surface area contributed by atoms with Crippen molar-refractivity contribution in [3.8, 4) is 5.82 Å². The number of carbonyl (C=O) groups excluding carboxylic acids is 1. The first kappa shape index (κ1) is 21.1. The summed E-state index contributed by atoms with van der Waals surface area (Å²) in [7, 11) is -3.65. The Hall–Kier alpha value is -3.11. The minimum atomic E-state index is -3.65. The largest absolute Gasteiger partial charge is 0.352 e. The number of carbonyl (C=O) groups is 1. The molecule has 2 N–H and O–H groups in total. The van der Waals surface area contributed by atoms with Crippen LogP contribution in [0.15, 0.2) is 54.1 Å². The summed E-state index contributed by atoms with van der Waals surface area (Å²) in [6.45, 7) is 0.271. The number of hydrogen-bond donors (Lipinski definition) is 2. The number of nitrogens with zero attached hydrogens (tertiary/aromatic N) is 4. The van der Waals surface area contributed by atoms with E-state index in [1.807, 2.05) is 12.1 Å². The highest BCUT2D eigenvalue weighted by Gasteiger charge is 2.18. The van der Waals surface area contributed by atoms with Gasteiger partial charge in [0.15, 0.2) is 5.82 Å². The summed E-state index contributed by atoms with van der Waals surface area (Å²) in [6, 6.07) is 8.90. The lowest BCUT2D eigenvalue weighted by Crippen LogP contribution is -2.31. The molecule has 1 amide bonds. The van der Waals surface area contributed by atoms with Crippen molar-refractivity contribution in [2.45, 2.75) is 43.5 Å². The van der Waals surface area contributed by atoms with Crippen LogP contribution in [0.25, 0.3) is 5.82 Å². The van der Waals surface area contributed by atoms with Gasteiger partial charge in [-0.05, 0) is 55.0 Å². The number of sulfonamides is 1. The fourth-order valence-electron chi connectivity index (χ4n) is 3.63. The Labute approximate surface area is 181 Å². The maximum Gasteiger partial charge on any atom is 0.240 e. The molecular weight excluding hydrogens is 416 g/mol. The third-order valence-electron chi connectivity index (χ3n) is 5.25. The minimum absolute atomic E-state index is 0.0220. The van der Waals surface area contributed by atoms with Crippen LogP contribution in [0.1, 0.15) is 36.0 Å². The molecule has 1 aromatic carbocycles. The van der Waals surface area contributed by atoms with Gasteiger partial charge in [-0.1, -0.05) is 12.1 Å². The topological polar surface area (TPSA) is 119 Å². The van der Waals surface area contributed by atoms with E-state index in [-0.39, 0.29) is 30.3 Å². The lowest BCUT2D eigenvalue weighted by molar-refractivity contribution is -0.121. The Kier molecular flexibility index (Phi) is 6.38. The molecule has 31 heavy (non-hydrogen) atoms. The van der Waals surface area contributed by atoms with Crippen LogP contribution < -0.4 is 10.0 Å². The summed E-state index contributed by atoms with van der Waals surface area (Å²) in [5.74, 6) is 0.315. The predicted octanol–water partition coefficient (Wildman–Crippen LogP) is 1.53. The summed E-state index contributed by atoms with van der Waals surface area (Å²) in [5, 5.41) is 6.85. The first-order chi connectivity index (χ1) is 15.0. The van der Waals surface area contributed by atoms with Crippen molar-refractivity contribution in [3.63, 3.8) is 0 Å². The average molecular weight is 441 g/mol. The smallest absolute Gasteiger partial charge is 0.240 e. The minimum Gasteiger partial charge on any atom is -0.352 e. The molecule has 2 heterocycles. The average Bonchev–Trinajstić information content (AvgIpc) is 3.32. The number of benzene rings is 1. The number of amides is 1. The number of rotatable bonds is 8. The van der Waals surface area contributed by atoms with Crippen LogP contribution in [-0.4, -0.2) is 40.6 Å². The van der Waals surface area contributed by atoms with E-state index >= 15 is 0 Å². The fraction of sp³-hybridized carbons (Fsp3) is 0.333. The molecule has 10 heteroatoms. The van der Waals surface area contributed by atoms with Gasteiger partial charge in [0.2, 0.25) is 15.9 Å². The molecule has 1 aliphatic rings. The van der Waals surface area contributed by atoms with Crippen molar-refractivity contribution in [1.82, 2.24) is 29.8 Å². The monoisotopic (exact) mass is 440 g/mol. The second-order valence-electron chi connectivity index (χ2n) is 7.39. The Bertz CT molecular complexity index is 1160. The third-order valence-corrected chi connectivity index (χ3v) is 6.71. The first-order valence-corrected chi connectivity index (χ1v) is 11.7. The van der Waals surface area contributed by atoms with Crippen molar-refractivity contribution in [3.05, 3.63) is 65.9 Å². The summed E-state index contributed by atoms with van der Waals surface area (Å²) >= 11 is 0. The van der Waals surface area contributed by atoms with Crippen molar-refractivity contribution in [2.24, 2.45) is 0 Å². The van der Waals surface area contributed by atoms with E-state index in [1.54, 1.807) is 24.4 Å². The molecule has 162 valence electrons. The predicted molar refractivity (Wildman–Crippen MR) is 114 cm³/mol. The number of aryl methyl sites for hydroxylation is 2. The van der Waals surface area contributed by atoms with E-state index in [4.69, 9.17) is 0 Å². The Morgan fingerprint density at radius 2 is 1.97 bits per heavy atom. The number of nitrogens with one attached hydrogen (secondary N) is 2. The van der Waals surface area contributed by atoms with Gasteiger partial charge in [-0.15, -0.1) is 0 Å². The van der Waals surface area contributed by atoms with Crippen LogP contribution in [-0.2, 0) is 34.2 Å². The second-order valence-corrected chi connectivity index (χ2v) is 9.16. The normalized spacial score (nSPS) is 13.5. The standard InChI is InChI=1S/C21H24N6O3S/c28-20(24-13-18-6-3-10-23-21(18)27-15-22-14-25-27)9-11-26-31(29,30)19-8-7-16-4-1-2-5-17(16)12-19/h3,6-8,10,12,14-15,26H,1-2,4-5,9,11,13H2,(H,24,28). The van der Waals surface area contributed by atoms with Crippen LogP contribution in [0.4, 0.5) is 0 Å². The molecule has 0 fully saturated rings. The van der Waals surface area contributed by atoms with E-state index < -0.39 is 10.0 Å². The van der Waals surface area contributed by atoms with Crippen molar-refractivity contribution < 1.29 is 13.2 Å². The highest BCUT2D eigenvalue weighted by atomic mass is 32.2.